The van der Waals surface area contributed by atoms with Crippen molar-refractivity contribution in [2.75, 3.05) is 13.1 Å². The van der Waals surface area contributed by atoms with E-state index in [0.717, 1.165) is 11.1 Å². The van der Waals surface area contributed by atoms with Crippen LogP contribution >= 0.6 is 0 Å². The van der Waals surface area contributed by atoms with E-state index in [1.807, 2.05) is 24.3 Å². The van der Waals surface area contributed by atoms with Gasteiger partial charge >= 0.3 is 6.03 Å². The summed E-state index contributed by atoms with van der Waals surface area (Å²) in [5, 5.41) is 7.77. The summed E-state index contributed by atoms with van der Waals surface area (Å²) < 4.78 is 0. The topological polar surface area (TPSA) is 171 Å². The molecule has 39 heavy (non-hydrogen) atoms. The van der Waals surface area contributed by atoms with Gasteiger partial charge in [0.15, 0.2) is 0 Å². The minimum absolute atomic E-state index is 0.169. The maximum atomic E-state index is 13.6. The zero-order chi connectivity index (χ0) is 28.9. The van der Waals surface area contributed by atoms with Gasteiger partial charge in [0.25, 0.3) is 5.91 Å². The maximum absolute atomic E-state index is 13.6. The van der Waals surface area contributed by atoms with Crippen LogP contribution < -0.4 is 21.7 Å². The Balaban J connectivity index is 1.61. The molecule has 0 spiro atoms. The van der Waals surface area contributed by atoms with E-state index in [-0.39, 0.29) is 18.9 Å². The number of hydrogen-bond acceptors (Lipinski definition) is 6. The average Bonchev–Trinajstić information content (AvgIpc) is 3.55. The molecule has 212 valence electrons. The van der Waals surface area contributed by atoms with Crippen molar-refractivity contribution in [3.05, 3.63) is 35.4 Å². The summed E-state index contributed by atoms with van der Waals surface area (Å²) in [6.07, 6.45) is 1.09. The molecular formula is C27H38N6O6. The second-order valence-corrected chi connectivity index (χ2v) is 11.0. The van der Waals surface area contributed by atoms with Gasteiger partial charge in [-0.1, -0.05) is 52.0 Å². The maximum Gasteiger partial charge on any atom is 0.315 e. The SMILES string of the molecule is CCC(NC(=O)C1CCCN1C(=O)C(NC(=O)NCC(=O)N1Cc2ccccc2C1)C(C)(C)C)C(=O)C(N)=O. The first-order valence-electron chi connectivity index (χ1n) is 13.2. The Morgan fingerprint density at radius 3 is 2.18 bits per heavy atom. The van der Waals surface area contributed by atoms with E-state index in [4.69, 9.17) is 5.73 Å². The van der Waals surface area contributed by atoms with E-state index < -0.39 is 53.1 Å². The monoisotopic (exact) mass is 542 g/mol. The number of carbonyl (C=O) groups excluding carboxylic acids is 6. The lowest BCUT2D eigenvalue weighted by molar-refractivity contribution is -0.143. The number of benzene rings is 1. The van der Waals surface area contributed by atoms with Gasteiger partial charge in [-0.25, -0.2) is 4.79 Å². The summed E-state index contributed by atoms with van der Waals surface area (Å²) in [5.74, 6) is -3.30. The van der Waals surface area contributed by atoms with Crippen molar-refractivity contribution < 1.29 is 28.8 Å². The third kappa shape index (κ3) is 7.12. The normalized spacial score (nSPS) is 18.1. The van der Waals surface area contributed by atoms with Crippen LogP contribution in [0.25, 0.3) is 0 Å². The fraction of sp³-hybridized carbons (Fsp3) is 0.556. The van der Waals surface area contributed by atoms with Gasteiger partial charge in [0.2, 0.25) is 23.5 Å². The first-order chi connectivity index (χ1) is 18.3. The van der Waals surface area contributed by atoms with E-state index in [1.54, 1.807) is 32.6 Å². The van der Waals surface area contributed by atoms with Crippen LogP contribution in [0, 0.1) is 5.41 Å². The van der Waals surface area contributed by atoms with Crippen molar-refractivity contribution in [2.24, 2.45) is 11.1 Å². The van der Waals surface area contributed by atoms with Gasteiger partial charge in [0.1, 0.15) is 12.1 Å². The molecule has 0 bridgehead atoms. The Labute approximate surface area is 228 Å². The summed E-state index contributed by atoms with van der Waals surface area (Å²) in [6.45, 7) is 8.00. The molecule has 3 atom stereocenters. The first-order valence-corrected chi connectivity index (χ1v) is 13.2. The summed E-state index contributed by atoms with van der Waals surface area (Å²) in [5.41, 5.74) is 6.50. The number of rotatable bonds is 9. The molecule has 12 nitrogen and oxygen atoms in total. The zero-order valence-corrected chi connectivity index (χ0v) is 22.9. The minimum Gasteiger partial charge on any atom is -0.363 e. The van der Waals surface area contributed by atoms with Gasteiger partial charge in [-0.05, 0) is 35.8 Å². The van der Waals surface area contributed by atoms with E-state index in [9.17, 15) is 28.8 Å². The van der Waals surface area contributed by atoms with Gasteiger partial charge in [0.05, 0.1) is 12.6 Å². The summed E-state index contributed by atoms with van der Waals surface area (Å²) in [7, 11) is 0. The second kappa shape index (κ2) is 12.3. The van der Waals surface area contributed by atoms with Gasteiger partial charge in [-0.3, -0.25) is 24.0 Å². The van der Waals surface area contributed by atoms with Gasteiger partial charge in [-0.15, -0.1) is 0 Å². The lowest BCUT2D eigenvalue weighted by atomic mass is 9.85. The zero-order valence-electron chi connectivity index (χ0n) is 22.9. The molecule has 3 rings (SSSR count). The quantitative estimate of drug-likeness (QED) is 0.324. The number of nitrogens with zero attached hydrogens (tertiary/aromatic N) is 2. The van der Waals surface area contributed by atoms with E-state index in [1.165, 1.54) is 4.90 Å². The van der Waals surface area contributed by atoms with Crippen LogP contribution in [-0.4, -0.2) is 76.5 Å². The average molecular weight is 543 g/mol. The molecule has 1 saturated heterocycles. The molecule has 0 radical (unpaired) electrons. The minimum atomic E-state index is -1.14. The molecule has 2 aliphatic rings. The highest BCUT2D eigenvalue weighted by molar-refractivity contribution is 6.37. The Morgan fingerprint density at radius 2 is 1.64 bits per heavy atom. The number of hydrogen-bond donors (Lipinski definition) is 4. The first kappa shape index (κ1) is 29.6. The van der Waals surface area contributed by atoms with Crippen molar-refractivity contribution in [1.82, 2.24) is 25.8 Å². The number of primary amides is 1. The molecule has 2 aliphatic heterocycles. The number of carbonyl (C=O) groups is 6. The molecule has 1 fully saturated rings. The van der Waals surface area contributed by atoms with Crippen molar-refractivity contribution in [1.29, 1.82) is 0 Å². The van der Waals surface area contributed by atoms with Crippen LogP contribution in [0.5, 0.6) is 0 Å². The third-order valence-corrected chi connectivity index (χ3v) is 7.10. The number of ketones is 1. The molecule has 12 heteroatoms. The lowest BCUT2D eigenvalue weighted by Gasteiger charge is -2.35. The summed E-state index contributed by atoms with van der Waals surface area (Å²) >= 11 is 0. The van der Waals surface area contributed by atoms with Crippen LogP contribution in [-0.2, 0) is 37.1 Å². The van der Waals surface area contributed by atoms with E-state index in [2.05, 4.69) is 16.0 Å². The number of fused-ring (bicyclic) bond motifs is 1. The van der Waals surface area contributed by atoms with Crippen molar-refractivity contribution in [3.8, 4) is 0 Å². The largest absolute Gasteiger partial charge is 0.363 e. The Hall–Kier alpha value is -3.96. The fourth-order valence-corrected chi connectivity index (χ4v) is 4.87. The molecular weight excluding hydrogens is 504 g/mol. The number of amides is 6. The molecule has 0 aliphatic carbocycles. The molecule has 5 N–H and O–H groups in total. The van der Waals surface area contributed by atoms with Gasteiger partial charge in [-0.2, -0.15) is 0 Å². The number of urea groups is 1. The van der Waals surface area contributed by atoms with Gasteiger partial charge < -0.3 is 31.5 Å². The van der Waals surface area contributed by atoms with Crippen molar-refractivity contribution in [3.63, 3.8) is 0 Å². The number of likely N-dealkylation sites (tertiary alicyclic amines) is 1. The number of nitrogens with one attached hydrogen (secondary N) is 3. The smallest absolute Gasteiger partial charge is 0.315 e. The predicted octanol–water partition coefficient (Wildman–Crippen LogP) is 0.183. The van der Waals surface area contributed by atoms with Crippen LogP contribution in [0.3, 0.4) is 0 Å². The Kier molecular flexibility index (Phi) is 9.31. The van der Waals surface area contributed by atoms with Crippen molar-refractivity contribution in [2.45, 2.75) is 78.2 Å². The van der Waals surface area contributed by atoms with Crippen molar-refractivity contribution >= 4 is 35.4 Å². The molecule has 0 aromatic heterocycles. The molecule has 1 aromatic rings. The Bertz CT molecular complexity index is 1120. The van der Waals surface area contributed by atoms with Gasteiger partial charge in [0, 0.05) is 19.6 Å². The molecule has 2 heterocycles. The lowest BCUT2D eigenvalue weighted by Crippen LogP contribution is -2.60. The molecule has 3 unspecified atom stereocenters. The van der Waals surface area contributed by atoms with Crippen LogP contribution in [0.15, 0.2) is 24.3 Å². The second-order valence-electron chi connectivity index (χ2n) is 11.0. The highest BCUT2D eigenvalue weighted by Gasteiger charge is 2.42. The third-order valence-electron chi connectivity index (χ3n) is 7.10. The summed E-state index contributed by atoms with van der Waals surface area (Å²) in [4.78, 5) is 78.4. The van der Waals surface area contributed by atoms with Crippen LogP contribution in [0.1, 0.15) is 58.1 Å². The molecule has 1 aromatic carbocycles. The standard InChI is InChI=1S/C27H38N6O6/c1-5-18(21(35)23(28)36)30-24(37)19-11-8-12-33(19)25(38)22(27(2,3)4)31-26(39)29-13-20(34)32-14-16-9-6-7-10-17(16)15-32/h6-7,9-10,18-19,22H,5,8,11-15H2,1-4H3,(H2,28,36)(H,30,37)(H2,29,31,39). The highest BCUT2D eigenvalue weighted by atomic mass is 16.2. The number of Topliss-reactive ketones (excluding diaryl/α,β-unsaturated/α-hetero) is 1. The fourth-order valence-electron chi connectivity index (χ4n) is 4.87. The number of nitrogens with two attached hydrogens (primary N) is 1. The van der Waals surface area contributed by atoms with Crippen LogP contribution in [0.4, 0.5) is 4.79 Å². The van der Waals surface area contributed by atoms with E-state index >= 15 is 0 Å². The molecule has 0 saturated carbocycles. The summed E-state index contributed by atoms with van der Waals surface area (Å²) in [6, 6.07) is 4.16. The van der Waals surface area contributed by atoms with E-state index in [0.29, 0.717) is 32.5 Å². The Morgan fingerprint density at radius 1 is 1.03 bits per heavy atom. The van der Waals surface area contributed by atoms with Crippen LogP contribution in [0.2, 0.25) is 0 Å². The highest BCUT2D eigenvalue weighted by Crippen LogP contribution is 2.26. The molecule has 6 amide bonds. The predicted molar refractivity (Wildman–Crippen MR) is 142 cm³/mol.